The first-order valence-corrected chi connectivity index (χ1v) is 11.5. The van der Waals surface area contributed by atoms with Gasteiger partial charge < -0.3 is 37.0 Å². The second-order valence-corrected chi connectivity index (χ2v) is 8.47. The van der Waals surface area contributed by atoms with E-state index in [1.165, 1.54) is 18.7 Å². The summed E-state index contributed by atoms with van der Waals surface area (Å²) in [6, 6.07) is -5.13. The van der Waals surface area contributed by atoms with Crippen LogP contribution in [-0.4, -0.2) is 87.3 Å². The first-order valence-electron chi connectivity index (χ1n) is 10.1. The molecule has 3 amide bonds. The Hall–Kier alpha value is -2.38. The fourth-order valence-electron chi connectivity index (χ4n) is 2.65. The van der Waals surface area contributed by atoms with Gasteiger partial charge in [-0.2, -0.15) is 11.8 Å². The third-order valence-electron chi connectivity index (χ3n) is 4.81. The fraction of sp³-hybridized carbons (Fsp3) is 0.737. The number of rotatable bonds is 15. The van der Waals surface area contributed by atoms with Gasteiger partial charge in [-0.3, -0.25) is 19.2 Å². The molecule has 0 aromatic rings. The number of nitrogens with two attached hydrogens (primary N) is 1. The summed E-state index contributed by atoms with van der Waals surface area (Å²) in [7, 11) is 0. The Bertz CT molecular complexity index is 676. The molecule has 0 saturated heterocycles. The van der Waals surface area contributed by atoms with Gasteiger partial charge in [0.1, 0.15) is 12.1 Å². The minimum atomic E-state index is -1.56. The van der Waals surface area contributed by atoms with Crippen LogP contribution in [0, 0.1) is 5.92 Å². The van der Waals surface area contributed by atoms with Crippen molar-refractivity contribution in [1.29, 1.82) is 0 Å². The van der Waals surface area contributed by atoms with Crippen molar-refractivity contribution in [3.8, 4) is 0 Å². The third kappa shape index (κ3) is 10.3. The van der Waals surface area contributed by atoms with Crippen molar-refractivity contribution >= 4 is 41.4 Å². The number of carbonyl (C=O) groups is 5. The lowest BCUT2D eigenvalue weighted by Gasteiger charge is -2.28. The molecule has 0 heterocycles. The highest BCUT2D eigenvalue weighted by atomic mass is 32.2. The third-order valence-corrected chi connectivity index (χ3v) is 5.46. The Morgan fingerprint density at radius 2 is 1.50 bits per heavy atom. The Labute approximate surface area is 191 Å². The molecule has 0 aliphatic heterocycles. The molecule has 0 aliphatic carbocycles. The average molecular weight is 479 g/mol. The predicted molar refractivity (Wildman–Crippen MR) is 118 cm³/mol. The van der Waals surface area contributed by atoms with E-state index in [1.807, 2.05) is 0 Å². The van der Waals surface area contributed by atoms with Gasteiger partial charge in [0.15, 0.2) is 6.04 Å². The lowest BCUT2D eigenvalue weighted by molar-refractivity contribution is -0.145. The van der Waals surface area contributed by atoms with Crippen molar-refractivity contribution < 1.29 is 39.3 Å². The van der Waals surface area contributed by atoms with Crippen LogP contribution >= 0.6 is 11.8 Å². The number of amides is 3. The van der Waals surface area contributed by atoms with Crippen molar-refractivity contribution in [3.05, 3.63) is 0 Å². The Morgan fingerprint density at radius 3 is 1.94 bits per heavy atom. The van der Waals surface area contributed by atoms with Crippen molar-refractivity contribution in [2.45, 2.75) is 70.3 Å². The molecular weight excluding hydrogens is 444 g/mol. The number of carbonyl (C=O) groups excluding carboxylic acids is 3. The molecule has 0 bridgehead atoms. The Kier molecular flexibility index (Phi) is 13.5. The van der Waals surface area contributed by atoms with Gasteiger partial charge in [0.2, 0.25) is 17.7 Å². The molecule has 6 atom stereocenters. The number of carboxylic acids is 2. The minimum absolute atomic E-state index is 0.171. The summed E-state index contributed by atoms with van der Waals surface area (Å²) in [5, 5.41) is 34.7. The number of hydrogen-bond acceptors (Lipinski definition) is 8. The number of carboxylic acid groups (broad SMARTS) is 2. The molecule has 0 fully saturated rings. The van der Waals surface area contributed by atoms with Gasteiger partial charge in [0, 0.05) is 0 Å². The lowest BCUT2D eigenvalue weighted by atomic mass is 9.97. The van der Waals surface area contributed by atoms with E-state index in [0.29, 0.717) is 12.2 Å². The van der Waals surface area contributed by atoms with Gasteiger partial charge in [-0.15, -0.1) is 0 Å². The first kappa shape index (κ1) is 29.6. The molecule has 184 valence electrons. The topological polar surface area (TPSA) is 208 Å². The van der Waals surface area contributed by atoms with Crippen LogP contribution in [0.15, 0.2) is 0 Å². The molecule has 0 aromatic carbocycles. The van der Waals surface area contributed by atoms with Crippen LogP contribution in [0.2, 0.25) is 0 Å². The Morgan fingerprint density at radius 1 is 0.938 bits per heavy atom. The average Bonchev–Trinajstić information content (AvgIpc) is 2.70. The van der Waals surface area contributed by atoms with Crippen LogP contribution < -0.4 is 21.7 Å². The van der Waals surface area contributed by atoms with Crippen molar-refractivity contribution in [2.75, 3.05) is 12.0 Å². The van der Waals surface area contributed by atoms with Gasteiger partial charge in [-0.05, 0) is 31.3 Å². The van der Waals surface area contributed by atoms with Crippen LogP contribution in [0.4, 0.5) is 0 Å². The predicted octanol–water partition coefficient (Wildman–Crippen LogP) is -1.49. The van der Waals surface area contributed by atoms with E-state index >= 15 is 0 Å². The first-order chi connectivity index (χ1) is 14.8. The molecule has 6 unspecified atom stereocenters. The van der Waals surface area contributed by atoms with E-state index in [4.69, 9.17) is 10.8 Å². The van der Waals surface area contributed by atoms with E-state index in [1.54, 1.807) is 20.1 Å². The van der Waals surface area contributed by atoms with Gasteiger partial charge in [-0.1, -0.05) is 20.3 Å². The molecule has 12 nitrogen and oxygen atoms in total. The zero-order valence-corrected chi connectivity index (χ0v) is 19.5. The molecule has 8 N–H and O–H groups in total. The van der Waals surface area contributed by atoms with Crippen LogP contribution in [0.5, 0.6) is 0 Å². The van der Waals surface area contributed by atoms with Crippen molar-refractivity contribution in [3.63, 3.8) is 0 Å². The summed E-state index contributed by atoms with van der Waals surface area (Å²) >= 11 is 1.41. The molecule has 0 saturated carbocycles. The summed E-state index contributed by atoms with van der Waals surface area (Å²) in [5.41, 5.74) is 5.56. The Balaban J connectivity index is 5.51. The van der Waals surface area contributed by atoms with Crippen LogP contribution in [0.1, 0.15) is 40.0 Å². The van der Waals surface area contributed by atoms with Crippen LogP contribution in [0.25, 0.3) is 0 Å². The second-order valence-electron chi connectivity index (χ2n) is 7.48. The second kappa shape index (κ2) is 14.6. The summed E-state index contributed by atoms with van der Waals surface area (Å²) in [6.45, 7) is 4.69. The standard InChI is InChI=1S/C19H34N4O8S/c1-5-9(2)14(22-16(27)11(20)8-13(25)26)18(29)21-12(6-7-32-4)17(28)23-15(10(3)24)19(30)31/h9-12,14-15,24H,5-8,20H2,1-4H3,(H,21,29)(H,22,27)(H,23,28)(H,25,26)(H,30,31). The SMILES string of the molecule is CCC(C)C(NC(=O)C(N)CC(=O)O)C(=O)NC(CCSC)C(=O)NC(C(=O)O)C(C)O. The van der Waals surface area contributed by atoms with Gasteiger partial charge in [0.05, 0.1) is 18.6 Å². The van der Waals surface area contributed by atoms with Crippen molar-refractivity contribution in [1.82, 2.24) is 16.0 Å². The molecule has 0 aromatic heterocycles. The van der Waals surface area contributed by atoms with Gasteiger partial charge in [0.25, 0.3) is 0 Å². The van der Waals surface area contributed by atoms with E-state index in [2.05, 4.69) is 16.0 Å². The van der Waals surface area contributed by atoms with Gasteiger partial charge >= 0.3 is 11.9 Å². The maximum Gasteiger partial charge on any atom is 0.328 e. The molecule has 0 aliphatic rings. The molecule has 0 rings (SSSR count). The fourth-order valence-corrected chi connectivity index (χ4v) is 3.12. The zero-order valence-electron chi connectivity index (χ0n) is 18.7. The molecule has 13 heteroatoms. The van der Waals surface area contributed by atoms with Gasteiger partial charge in [-0.25, -0.2) is 4.79 Å². The highest BCUT2D eigenvalue weighted by Crippen LogP contribution is 2.10. The number of thioether (sulfide) groups is 1. The quantitative estimate of drug-likeness (QED) is 0.145. The highest BCUT2D eigenvalue weighted by molar-refractivity contribution is 7.98. The molecule has 0 radical (unpaired) electrons. The maximum atomic E-state index is 12.9. The summed E-state index contributed by atoms with van der Waals surface area (Å²) in [6.07, 6.45) is 0.465. The number of hydrogen-bond donors (Lipinski definition) is 7. The van der Waals surface area contributed by atoms with E-state index in [0.717, 1.165) is 0 Å². The normalized spacial score (nSPS) is 16.6. The number of aliphatic hydroxyl groups excluding tert-OH is 1. The highest BCUT2D eigenvalue weighted by Gasteiger charge is 2.33. The number of aliphatic carboxylic acids is 2. The minimum Gasteiger partial charge on any atom is -0.481 e. The van der Waals surface area contributed by atoms with Crippen molar-refractivity contribution in [2.24, 2.45) is 11.7 Å². The van der Waals surface area contributed by atoms with E-state index in [-0.39, 0.29) is 12.3 Å². The van der Waals surface area contributed by atoms with Crippen LogP contribution in [0.3, 0.4) is 0 Å². The summed E-state index contributed by atoms with van der Waals surface area (Å²) < 4.78 is 0. The smallest absolute Gasteiger partial charge is 0.328 e. The molecule has 0 spiro atoms. The largest absolute Gasteiger partial charge is 0.481 e. The lowest BCUT2D eigenvalue weighted by Crippen LogP contribution is -2.59. The molecular formula is C19H34N4O8S. The van der Waals surface area contributed by atoms with E-state index < -0.39 is 66.4 Å². The number of nitrogens with one attached hydrogen (secondary N) is 3. The monoisotopic (exact) mass is 478 g/mol. The van der Waals surface area contributed by atoms with E-state index in [9.17, 15) is 34.2 Å². The van der Waals surface area contributed by atoms with Crippen LogP contribution in [-0.2, 0) is 24.0 Å². The zero-order chi connectivity index (χ0) is 25.0. The molecule has 32 heavy (non-hydrogen) atoms. The maximum absolute atomic E-state index is 12.9. The summed E-state index contributed by atoms with van der Waals surface area (Å²) in [4.78, 5) is 59.9. The summed E-state index contributed by atoms with van der Waals surface area (Å²) in [5.74, 6) is -4.91. The number of aliphatic hydroxyl groups is 1.